The molecule has 2 amide bonds. The summed E-state index contributed by atoms with van der Waals surface area (Å²) >= 11 is 7.03. The molecule has 53 heavy (non-hydrogen) atoms. The van der Waals surface area contributed by atoms with Crippen LogP contribution in [0.2, 0.25) is 5.02 Å². The van der Waals surface area contributed by atoms with Gasteiger partial charge in [-0.3, -0.25) is 19.0 Å². The number of halogens is 1. The lowest BCUT2D eigenvalue weighted by molar-refractivity contribution is -0.154. The first kappa shape index (κ1) is 40.7. The summed E-state index contributed by atoms with van der Waals surface area (Å²) in [4.78, 5) is 76.8. The maximum atomic E-state index is 14.0. The van der Waals surface area contributed by atoms with Crippen molar-refractivity contribution in [2.45, 2.75) is 46.6 Å². The number of carbonyl (C=O) groups is 3. The summed E-state index contributed by atoms with van der Waals surface area (Å²) in [7, 11) is -4.68. The van der Waals surface area contributed by atoms with E-state index in [9.17, 15) is 18.9 Å². The number of primary amides is 1. The first-order valence-corrected chi connectivity index (χ1v) is 18.1. The van der Waals surface area contributed by atoms with Crippen LogP contribution in [0.1, 0.15) is 40.5 Å². The minimum atomic E-state index is -4.68. The van der Waals surface area contributed by atoms with Gasteiger partial charge in [-0.15, -0.1) is 4.52 Å². The molecule has 20 nitrogen and oxygen atoms in total. The molecule has 0 aliphatic carbocycles. The highest BCUT2D eigenvalue weighted by Gasteiger charge is 2.33. The van der Waals surface area contributed by atoms with Gasteiger partial charge < -0.3 is 40.1 Å². The van der Waals surface area contributed by atoms with Crippen LogP contribution in [0, 0.1) is 18.6 Å². The third kappa shape index (κ3) is 10.3. The zero-order chi connectivity index (χ0) is 39.1. The summed E-state index contributed by atoms with van der Waals surface area (Å²) in [5, 5.41) is 7.46. The number of ether oxygens (including phenoxy) is 2. The number of aromatic nitrogens is 4. The van der Waals surface area contributed by atoms with Gasteiger partial charge in [0.2, 0.25) is 12.7 Å². The van der Waals surface area contributed by atoms with Crippen molar-refractivity contribution >= 4 is 77.7 Å². The maximum Gasteiger partial charge on any atom is 0.469 e. The quantitative estimate of drug-likeness (QED) is 0.0739. The number of hydrogen-bond acceptors (Lipinski definition) is 13. The van der Waals surface area contributed by atoms with E-state index in [-0.39, 0.29) is 59.1 Å². The number of phosphoric acid groups is 1. The van der Waals surface area contributed by atoms with Crippen LogP contribution >= 0.6 is 19.4 Å². The van der Waals surface area contributed by atoms with E-state index in [4.69, 9.17) is 49.7 Å². The highest BCUT2D eigenvalue weighted by molar-refractivity contribution is 7.46. The molecule has 2 aromatic heterocycles. The van der Waals surface area contributed by atoms with Crippen molar-refractivity contribution in [2.75, 3.05) is 61.2 Å². The van der Waals surface area contributed by atoms with Crippen molar-refractivity contribution in [3.05, 3.63) is 46.2 Å². The second kappa shape index (κ2) is 17.2. The number of fused-ring (bicyclic) bond motifs is 1. The Labute approximate surface area is 309 Å². The van der Waals surface area contributed by atoms with Gasteiger partial charge in [-0.25, -0.2) is 24.1 Å². The minimum absolute atomic E-state index is 0.00335. The molecule has 0 unspecified atom stereocenters. The zero-order valence-corrected chi connectivity index (χ0v) is 31.0. The predicted molar refractivity (Wildman–Crippen MR) is 192 cm³/mol. The highest BCUT2D eigenvalue weighted by Crippen LogP contribution is 2.43. The molecule has 22 heteroatoms. The van der Waals surface area contributed by atoms with Crippen LogP contribution in [-0.4, -0.2) is 104 Å². The number of carbonyl (C=O) groups excluding carboxylic acids is 3. The molecule has 284 valence electrons. The van der Waals surface area contributed by atoms with E-state index in [2.05, 4.69) is 34.6 Å². The molecule has 1 atom stereocenters. The molecule has 0 radical (unpaired) electrons. The van der Waals surface area contributed by atoms with Crippen LogP contribution in [0.4, 0.5) is 39.4 Å². The number of imidazole rings is 1. The van der Waals surface area contributed by atoms with Crippen LogP contribution in [-0.2, 0) is 28.2 Å². The van der Waals surface area contributed by atoms with Gasteiger partial charge in [-0.2, -0.15) is 4.98 Å². The summed E-state index contributed by atoms with van der Waals surface area (Å²) in [5.41, 5.74) is 5.34. The Kier molecular flexibility index (Phi) is 13.2. The van der Waals surface area contributed by atoms with Crippen LogP contribution in [0.5, 0.6) is 0 Å². The van der Waals surface area contributed by atoms with Crippen molar-refractivity contribution in [1.82, 2.24) is 24.5 Å². The summed E-state index contributed by atoms with van der Waals surface area (Å²) in [6.07, 6.45) is 0.0201. The molecule has 1 aromatic carbocycles. The van der Waals surface area contributed by atoms with E-state index in [1.165, 1.54) is 16.8 Å². The molecule has 3 heterocycles. The number of amides is 2. The molecule has 1 fully saturated rings. The molecule has 0 bridgehead atoms. The van der Waals surface area contributed by atoms with Gasteiger partial charge in [0.1, 0.15) is 0 Å². The molecule has 3 aromatic rings. The van der Waals surface area contributed by atoms with Crippen molar-refractivity contribution in [3.8, 4) is 0 Å². The molecule has 5 N–H and O–H groups in total. The minimum Gasteiger partial charge on any atom is -0.428 e. The lowest BCUT2D eigenvalue weighted by atomic mass is 9.86. The van der Waals surface area contributed by atoms with Crippen LogP contribution in [0.3, 0.4) is 0 Å². The number of benzene rings is 1. The molecular formula is C31H39ClN11O9P. The Hall–Kier alpha value is -5.08. The smallest absolute Gasteiger partial charge is 0.428 e. The second-order valence-electron chi connectivity index (χ2n) is 12.6. The fourth-order valence-electron chi connectivity index (χ4n) is 5.35. The van der Waals surface area contributed by atoms with Gasteiger partial charge in [0.25, 0.3) is 17.4 Å². The number of hydrogen-bond donors (Lipinski definition) is 4. The topological polar surface area (TPSA) is 236 Å². The van der Waals surface area contributed by atoms with Gasteiger partial charge in [-0.1, -0.05) is 37.1 Å². The summed E-state index contributed by atoms with van der Waals surface area (Å²) in [5.74, 6) is -1.40. The Bertz CT molecular complexity index is 1980. The van der Waals surface area contributed by atoms with Crippen LogP contribution in [0.15, 0.2) is 18.3 Å². The van der Waals surface area contributed by atoms with Gasteiger partial charge in [0.05, 0.1) is 42.5 Å². The zero-order valence-electron chi connectivity index (χ0n) is 29.4. The fourth-order valence-corrected chi connectivity index (χ4v) is 5.99. The van der Waals surface area contributed by atoms with E-state index < -0.39 is 44.0 Å². The largest absolute Gasteiger partial charge is 0.469 e. The van der Waals surface area contributed by atoms with E-state index in [1.54, 1.807) is 33.8 Å². The first-order valence-electron chi connectivity index (χ1n) is 16.2. The molecule has 4 rings (SSSR count). The molecular weight excluding hydrogens is 737 g/mol. The van der Waals surface area contributed by atoms with E-state index in [0.29, 0.717) is 38.4 Å². The Morgan fingerprint density at radius 3 is 2.47 bits per heavy atom. The molecule has 1 saturated heterocycles. The van der Waals surface area contributed by atoms with E-state index in [1.807, 2.05) is 9.80 Å². The van der Waals surface area contributed by atoms with Crippen LogP contribution in [0.25, 0.3) is 15.3 Å². The summed E-state index contributed by atoms with van der Waals surface area (Å²) in [6, 6.07) is 2.40. The number of rotatable bonds is 15. The van der Waals surface area contributed by atoms with Crippen molar-refractivity contribution in [1.29, 1.82) is 0 Å². The lowest BCUT2D eigenvalue weighted by Gasteiger charge is -2.39. The van der Waals surface area contributed by atoms with Gasteiger partial charge >= 0.3 is 19.9 Å². The number of nitrogens with one attached hydrogen (secondary N) is 1. The second-order valence-corrected chi connectivity index (χ2v) is 14.2. The number of anilines is 4. The highest BCUT2D eigenvalue weighted by atomic mass is 35.5. The standard InChI is InChI=1S/C31H39ClN11O9P/c1-7-36-27-28-37-17-23(35-6)43(28)39-29(38-27)42(30(46)51-18-50-24(44)16-31(3,4)8-13-52-53(47,48)49)22-15-20(34-5)14-21(25(22)32)41-11-9-40(10-12-41)19(2)26(33)45/h14-15,17,19H,7-13,16,18H2,1-4H3,(H2,33,45)(H,36,38,39)(H2,47,48,49)/t19-/m0/s1. The normalized spacial score (nSPS) is 14.2. The van der Waals surface area contributed by atoms with Crippen LogP contribution < -0.4 is 20.9 Å². The third-order valence-corrected chi connectivity index (χ3v) is 9.15. The number of phosphoric ester groups is 1. The third-order valence-electron chi connectivity index (χ3n) is 8.24. The summed E-state index contributed by atoms with van der Waals surface area (Å²) in [6.45, 7) is 23.2. The summed E-state index contributed by atoms with van der Waals surface area (Å²) < 4.78 is 27.2. The van der Waals surface area contributed by atoms with E-state index >= 15 is 0 Å². The fraction of sp³-hybridized carbons (Fsp3) is 0.484. The van der Waals surface area contributed by atoms with Crippen molar-refractivity contribution in [2.24, 2.45) is 11.1 Å². The number of esters is 1. The monoisotopic (exact) mass is 775 g/mol. The van der Waals surface area contributed by atoms with Crippen molar-refractivity contribution in [3.63, 3.8) is 0 Å². The lowest BCUT2D eigenvalue weighted by Crippen LogP contribution is -2.53. The number of nitrogens with two attached hydrogens (primary N) is 1. The molecule has 1 aliphatic rings. The Morgan fingerprint density at radius 1 is 1.17 bits per heavy atom. The average molecular weight is 776 g/mol. The molecule has 0 spiro atoms. The maximum absolute atomic E-state index is 14.0. The number of piperazine rings is 1. The number of nitrogens with zero attached hydrogens (tertiary/aromatic N) is 9. The Morgan fingerprint density at radius 2 is 1.87 bits per heavy atom. The van der Waals surface area contributed by atoms with Crippen molar-refractivity contribution < 1.29 is 42.7 Å². The predicted octanol–water partition coefficient (Wildman–Crippen LogP) is 4.00. The van der Waals surface area contributed by atoms with E-state index in [0.717, 1.165) is 4.90 Å². The van der Waals surface area contributed by atoms with Gasteiger partial charge in [0, 0.05) is 38.4 Å². The molecule has 0 saturated carbocycles. The first-order chi connectivity index (χ1) is 25.0. The Balaban J connectivity index is 1.69. The van der Waals surface area contributed by atoms with Gasteiger partial charge in [-0.05, 0) is 37.8 Å². The SMILES string of the molecule is [C-]#[N+]c1cc(N2CCN([C@@H](C)C(N)=O)CC2)c(Cl)c(N(C(=O)OCOC(=O)CC(C)(C)CCOP(=O)(O)O)c2nc(NCC)c3ncc([N+]#[C-])n3n2)c1. The van der Waals surface area contributed by atoms with Gasteiger partial charge in [0.15, 0.2) is 11.5 Å². The average Bonchev–Trinajstić information content (AvgIpc) is 3.51. The molecule has 1 aliphatic heterocycles.